The summed E-state index contributed by atoms with van der Waals surface area (Å²) >= 11 is 0. The third kappa shape index (κ3) is 1.96. The Morgan fingerprint density at radius 2 is 2.38 bits per heavy atom. The molecule has 1 unspecified atom stereocenters. The third-order valence-corrected chi connectivity index (χ3v) is 3.16. The number of aryl methyl sites for hydroxylation is 1. The summed E-state index contributed by atoms with van der Waals surface area (Å²) in [6.07, 6.45) is 3.01. The predicted molar refractivity (Wildman–Crippen MR) is 58.5 cm³/mol. The Balaban J connectivity index is 2.34. The minimum atomic E-state index is -0.742. The molecule has 0 aliphatic heterocycles. The number of fused-ring (bicyclic) bond motifs is 1. The molecule has 1 aromatic rings. The average molecular weight is 223 g/mol. The number of hydrogen-bond donors (Lipinski definition) is 1. The molecule has 1 aromatic heterocycles. The molecule has 1 heterocycles. The largest absolute Gasteiger partial charge is 0.481 e. The van der Waals surface area contributed by atoms with Crippen LogP contribution in [0.5, 0.6) is 0 Å². The van der Waals surface area contributed by atoms with Crippen molar-refractivity contribution in [3.05, 3.63) is 17.0 Å². The first-order chi connectivity index (χ1) is 7.59. The molecule has 88 valence electrons. The average Bonchev–Trinajstić information content (AvgIpc) is 2.61. The van der Waals surface area contributed by atoms with Crippen molar-refractivity contribution in [2.45, 2.75) is 51.4 Å². The zero-order valence-corrected chi connectivity index (χ0v) is 9.69. The Hall–Kier alpha value is -1.32. The van der Waals surface area contributed by atoms with E-state index in [9.17, 15) is 4.79 Å². The van der Waals surface area contributed by atoms with Gasteiger partial charge in [0, 0.05) is 12.0 Å². The lowest BCUT2D eigenvalue weighted by Crippen LogP contribution is -2.14. The van der Waals surface area contributed by atoms with E-state index in [4.69, 9.17) is 9.63 Å². The summed E-state index contributed by atoms with van der Waals surface area (Å²) in [6, 6.07) is 0. The summed E-state index contributed by atoms with van der Waals surface area (Å²) < 4.78 is 5.32. The molecule has 0 fully saturated rings. The van der Waals surface area contributed by atoms with Gasteiger partial charge in [0.25, 0.3) is 0 Å². The second-order valence-electron chi connectivity index (χ2n) is 4.75. The van der Waals surface area contributed by atoms with Crippen LogP contribution in [0.15, 0.2) is 4.52 Å². The Morgan fingerprint density at radius 3 is 3.00 bits per heavy atom. The van der Waals surface area contributed by atoms with Crippen molar-refractivity contribution >= 4 is 5.97 Å². The molecule has 1 aliphatic carbocycles. The summed E-state index contributed by atoms with van der Waals surface area (Å²) in [5, 5.41) is 13.0. The van der Waals surface area contributed by atoms with E-state index in [0.717, 1.165) is 36.3 Å². The minimum Gasteiger partial charge on any atom is -0.481 e. The van der Waals surface area contributed by atoms with Gasteiger partial charge in [-0.05, 0) is 24.7 Å². The molecular formula is C12H17NO3. The standard InChI is InChI=1S/C12H17NO3/c1-7(2)12-11-8(6-10(14)15)4-3-5-9(11)16-13-12/h7-8H,3-6H2,1-2H3,(H,14,15). The molecular weight excluding hydrogens is 206 g/mol. The molecule has 4 nitrogen and oxygen atoms in total. The maximum absolute atomic E-state index is 10.8. The molecule has 0 radical (unpaired) electrons. The number of carbonyl (C=O) groups is 1. The summed E-state index contributed by atoms with van der Waals surface area (Å²) in [6.45, 7) is 4.12. The fraction of sp³-hybridized carbons (Fsp3) is 0.667. The first kappa shape index (κ1) is 11.2. The van der Waals surface area contributed by atoms with Crippen molar-refractivity contribution in [1.29, 1.82) is 0 Å². The van der Waals surface area contributed by atoms with E-state index in [1.165, 1.54) is 0 Å². The van der Waals surface area contributed by atoms with Gasteiger partial charge in [-0.15, -0.1) is 0 Å². The fourth-order valence-corrected chi connectivity index (χ4v) is 2.45. The van der Waals surface area contributed by atoms with Gasteiger partial charge in [0.2, 0.25) is 0 Å². The van der Waals surface area contributed by atoms with Crippen LogP contribution >= 0.6 is 0 Å². The van der Waals surface area contributed by atoms with Gasteiger partial charge in [0.1, 0.15) is 5.76 Å². The van der Waals surface area contributed by atoms with Crippen LogP contribution in [-0.2, 0) is 11.2 Å². The first-order valence-corrected chi connectivity index (χ1v) is 5.79. The van der Waals surface area contributed by atoms with Gasteiger partial charge in [0.05, 0.1) is 12.1 Å². The highest BCUT2D eigenvalue weighted by molar-refractivity contribution is 5.68. The van der Waals surface area contributed by atoms with Crippen LogP contribution in [0.1, 0.15) is 62.0 Å². The van der Waals surface area contributed by atoms with E-state index < -0.39 is 5.97 Å². The summed E-state index contributed by atoms with van der Waals surface area (Å²) in [5.41, 5.74) is 2.02. The molecule has 1 atom stereocenters. The van der Waals surface area contributed by atoms with Crippen LogP contribution in [0.4, 0.5) is 0 Å². The SMILES string of the molecule is CC(C)c1noc2c1C(CC(=O)O)CCC2. The van der Waals surface area contributed by atoms with Gasteiger partial charge in [-0.1, -0.05) is 19.0 Å². The molecule has 0 amide bonds. The van der Waals surface area contributed by atoms with E-state index in [-0.39, 0.29) is 12.3 Å². The quantitative estimate of drug-likeness (QED) is 0.855. The lowest BCUT2D eigenvalue weighted by molar-refractivity contribution is -0.137. The van der Waals surface area contributed by atoms with E-state index in [1.54, 1.807) is 0 Å². The number of hydrogen-bond acceptors (Lipinski definition) is 3. The molecule has 16 heavy (non-hydrogen) atoms. The Labute approximate surface area is 94.6 Å². The Bertz CT molecular complexity index is 395. The Kier molecular flexibility index (Phi) is 2.99. The number of nitrogens with zero attached hydrogens (tertiary/aromatic N) is 1. The van der Waals surface area contributed by atoms with Crippen molar-refractivity contribution in [2.75, 3.05) is 0 Å². The minimum absolute atomic E-state index is 0.0879. The normalized spacial score (nSPS) is 19.8. The smallest absolute Gasteiger partial charge is 0.303 e. The van der Waals surface area contributed by atoms with Crippen molar-refractivity contribution < 1.29 is 14.4 Å². The van der Waals surface area contributed by atoms with E-state index in [1.807, 2.05) is 0 Å². The maximum atomic E-state index is 10.8. The van der Waals surface area contributed by atoms with Crippen LogP contribution in [0.3, 0.4) is 0 Å². The van der Waals surface area contributed by atoms with Crippen molar-refractivity contribution in [2.24, 2.45) is 0 Å². The van der Waals surface area contributed by atoms with Gasteiger partial charge < -0.3 is 9.63 Å². The van der Waals surface area contributed by atoms with Crippen LogP contribution in [-0.4, -0.2) is 16.2 Å². The lowest BCUT2D eigenvalue weighted by atomic mass is 9.82. The third-order valence-electron chi connectivity index (χ3n) is 3.16. The van der Waals surface area contributed by atoms with Gasteiger partial charge in [-0.25, -0.2) is 0 Å². The van der Waals surface area contributed by atoms with Crippen molar-refractivity contribution in [3.63, 3.8) is 0 Å². The number of rotatable bonds is 3. The van der Waals surface area contributed by atoms with Crippen LogP contribution < -0.4 is 0 Å². The van der Waals surface area contributed by atoms with E-state index in [0.29, 0.717) is 5.92 Å². The highest BCUT2D eigenvalue weighted by atomic mass is 16.5. The molecule has 2 rings (SSSR count). The molecule has 1 N–H and O–H groups in total. The summed E-state index contributed by atoms with van der Waals surface area (Å²) in [7, 11) is 0. The van der Waals surface area contributed by atoms with Gasteiger partial charge in [0.15, 0.2) is 0 Å². The Morgan fingerprint density at radius 1 is 1.62 bits per heavy atom. The first-order valence-electron chi connectivity index (χ1n) is 5.79. The number of aromatic nitrogens is 1. The van der Waals surface area contributed by atoms with E-state index in [2.05, 4.69) is 19.0 Å². The second kappa shape index (κ2) is 4.28. The van der Waals surface area contributed by atoms with Gasteiger partial charge in [-0.2, -0.15) is 0 Å². The molecule has 0 aromatic carbocycles. The van der Waals surface area contributed by atoms with Gasteiger partial charge in [-0.3, -0.25) is 4.79 Å². The highest BCUT2D eigenvalue weighted by Gasteiger charge is 2.30. The fourth-order valence-electron chi connectivity index (χ4n) is 2.45. The molecule has 0 saturated carbocycles. The zero-order valence-electron chi connectivity index (χ0n) is 9.69. The highest BCUT2D eigenvalue weighted by Crippen LogP contribution is 2.38. The van der Waals surface area contributed by atoms with Gasteiger partial charge >= 0.3 is 5.97 Å². The summed E-state index contributed by atoms with van der Waals surface area (Å²) in [4.78, 5) is 10.8. The molecule has 0 saturated heterocycles. The molecule has 4 heteroatoms. The molecule has 0 bridgehead atoms. The van der Waals surface area contributed by atoms with Crippen LogP contribution in [0.2, 0.25) is 0 Å². The molecule has 0 spiro atoms. The lowest BCUT2D eigenvalue weighted by Gasteiger charge is -2.20. The topological polar surface area (TPSA) is 63.3 Å². The van der Waals surface area contributed by atoms with Crippen molar-refractivity contribution in [3.8, 4) is 0 Å². The monoisotopic (exact) mass is 223 g/mol. The van der Waals surface area contributed by atoms with Crippen molar-refractivity contribution in [1.82, 2.24) is 5.16 Å². The maximum Gasteiger partial charge on any atom is 0.303 e. The number of carboxylic acids is 1. The second-order valence-corrected chi connectivity index (χ2v) is 4.75. The summed E-state index contributed by atoms with van der Waals surface area (Å²) in [5.74, 6) is 0.543. The van der Waals surface area contributed by atoms with Crippen LogP contribution in [0.25, 0.3) is 0 Å². The molecule has 1 aliphatic rings. The van der Waals surface area contributed by atoms with Crippen LogP contribution in [0, 0.1) is 0 Å². The predicted octanol–water partition coefficient (Wildman–Crippen LogP) is 2.69. The number of aliphatic carboxylic acids is 1. The zero-order chi connectivity index (χ0) is 11.7. The van der Waals surface area contributed by atoms with E-state index >= 15 is 0 Å². The number of carboxylic acid groups (broad SMARTS) is 1.